The van der Waals surface area contributed by atoms with Gasteiger partial charge in [-0.05, 0) is 32.1 Å². The predicted octanol–water partition coefficient (Wildman–Crippen LogP) is 2.65. The molecule has 4 heteroatoms. The molecule has 4 nitrogen and oxygen atoms in total. The lowest BCUT2D eigenvalue weighted by atomic mass is 10.1. The molecule has 0 radical (unpaired) electrons. The minimum absolute atomic E-state index is 0.0398. The van der Waals surface area contributed by atoms with E-state index in [9.17, 15) is 9.90 Å². The molecule has 0 fully saturated rings. The Morgan fingerprint density at radius 2 is 1.95 bits per heavy atom. The van der Waals surface area contributed by atoms with Gasteiger partial charge in [0.25, 0.3) is 0 Å². The van der Waals surface area contributed by atoms with Crippen molar-refractivity contribution in [3.8, 4) is 5.75 Å². The third-order valence-corrected chi connectivity index (χ3v) is 3.47. The summed E-state index contributed by atoms with van der Waals surface area (Å²) in [4.78, 5) is 14.2. The van der Waals surface area contributed by atoms with Crippen molar-refractivity contribution in [2.75, 3.05) is 13.1 Å². The van der Waals surface area contributed by atoms with Crippen molar-refractivity contribution in [1.82, 2.24) is 4.90 Å². The zero-order valence-corrected chi connectivity index (χ0v) is 11.6. The lowest BCUT2D eigenvalue weighted by molar-refractivity contribution is 0.290. The van der Waals surface area contributed by atoms with Crippen LogP contribution in [0.2, 0.25) is 0 Å². The Bertz CT molecular complexity index is 642. The fourth-order valence-electron chi connectivity index (χ4n) is 2.17. The van der Waals surface area contributed by atoms with Gasteiger partial charge in [0.15, 0.2) is 5.43 Å². The first-order valence-corrected chi connectivity index (χ1v) is 6.53. The fourth-order valence-corrected chi connectivity index (χ4v) is 2.17. The van der Waals surface area contributed by atoms with Gasteiger partial charge in [0.1, 0.15) is 11.3 Å². The van der Waals surface area contributed by atoms with Gasteiger partial charge in [0.05, 0.1) is 17.2 Å². The number of aryl methyl sites for hydroxylation is 1. The van der Waals surface area contributed by atoms with Crippen molar-refractivity contribution < 1.29 is 9.52 Å². The Morgan fingerprint density at radius 3 is 2.58 bits per heavy atom. The molecule has 19 heavy (non-hydrogen) atoms. The van der Waals surface area contributed by atoms with Gasteiger partial charge in [-0.2, -0.15) is 0 Å². The van der Waals surface area contributed by atoms with Crippen molar-refractivity contribution in [2.24, 2.45) is 0 Å². The SMILES string of the molecule is CCN(CC)Cc1c(O)ccc2c(=O)c(C)coc12. The average molecular weight is 261 g/mol. The number of phenols is 1. The maximum Gasteiger partial charge on any atom is 0.195 e. The highest BCUT2D eigenvalue weighted by Gasteiger charge is 2.14. The predicted molar refractivity (Wildman–Crippen MR) is 75.5 cm³/mol. The maximum atomic E-state index is 12.1. The first-order valence-electron chi connectivity index (χ1n) is 6.53. The number of rotatable bonds is 4. The van der Waals surface area contributed by atoms with Crippen LogP contribution in [0.1, 0.15) is 25.0 Å². The second kappa shape index (κ2) is 5.45. The monoisotopic (exact) mass is 261 g/mol. The molecule has 0 bridgehead atoms. The summed E-state index contributed by atoms with van der Waals surface area (Å²) in [6, 6.07) is 3.19. The molecule has 1 heterocycles. The summed E-state index contributed by atoms with van der Waals surface area (Å²) in [6.07, 6.45) is 1.45. The number of hydrogen-bond acceptors (Lipinski definition) is 4. The van der Waals surface area contributed by atoms with Gasteiger partial charge in [-0.15, -0.1) is 0 Å². The molecule has 2 rings (SSSR count). The first-order chi connectivity index (χ1) is 9.08. The molecule has 2 aromatic rings. The van der Waals surface area contributed by atoms with E-state index in [4.69, 9.17) is 4.42 Å². The Balaban J connectivity index is 2.62. The van der Waals surface area contributed by atoms with Gasteiger partial charge >= 0.3 is 0 Å². The largest absolute Gasteiger partial charge is 0.507 e. The number of nitrogens with zero attached hydrogens (tertiary/aromatic N) is 1. The van der Waals surface area contributed by atoms with E-state index in [2.05, 4.69) is 18.7 Å². The Hall–Kier alpha value is -1.81. The summed E-state index contributed by atoms with van der Waals surface area (Å²) in [5.74, 6) is 0.173. The van der Waals surface area contributed by atoms with Gasteiger partial charge in [-0.3, -0.25) is 9.69 Å². The minimum Gasteiger partial charge on any atom is -0.507 e. The van der Waals surface area contributed by atoms with Crippen molar-refractivity contribution in [1.29, 1.82) is 0 Å². The molecule has 0 saturated heterocycles. The van der Waals surface area contributed by atoms with Crippen LogP contribution in [0.3, 0.4) is 0 Å². The molecule has 0 aliphatic carbocycles. The topological polar surface area (TPSA) is 53.7 Å². The van der Waals surface area contributed by atoms with E-state index in [0.29, 0.717) is 28.6 Å². The van der Waals surface area contributed by atoms with Gasteiger partial charge in [0.2, 0.25) is 0 Å². The molecule has 102 valence electrons. The van der Waals surface area contributed by atoms with E-state index in [1.807, 2.05) is 0 Å². The van der Waals surface area contributed by atoms with Crippen LogP contribution in [-0.4, -0.2) is 23.1 Å². The van der Waals surface area contributed by atoms with E-state index in [1.54, 1.807) is 19.1 Å². The molecule has 0 atom stereocenters. The quantitative estimate of drug-likeness (QED) is 0.919. The van der Waals surface area contributed by atoms with E-state index in [1.165, 1.54) is 6.26 Å². The van der Waals surface area contributed by atoms with E-state index < -0.39 is 0 Å². The second-order valence-electron chi connectivity index (χ2n) is 4.65. The van der Waals surface area contributed by atoms with Gasteiger partial charge in [-0.1, -0.05) is 13.8 Å². The molecule has 1 aromatic carbocycles. The standard InChI is InChI=1S/C15H19NO3/c1-4-16(5-2)8-12-13(17)7-6-11-14(18)10(3)9-19-15(11)12/h6-7,9,17H,4-5,8H2,1-3H3. The molecule has 0 spiro atoms. The zero-order valence-electron chi connectivity index (χ0n) is 11.6. The second-order valence-corrected chi connectivity index (χ2v) is 4.65. The van der Waals surface area contributed by atoms with Gasteiger partial charge < -0.3 is 9.52 Å². The molecule has 1 N–H and O–H groups in total. The van der Waals surface area contributed by atoms with Crippen LogP contribution in [0.5, 0.6) is 5.75 Å². The van der Waals surface area contributed by atoms with Crippen molar-refractivity contribution >= 4 is 11.0 Å². The van der Waals surface area contributed by atoms with Crippen molar-refractivity contribution in [3.63, 3.8) is 0 Å². The maximum absolute atomic E-state index is 12.1. The van der Waals surface area contributed by atoms with Crippen molar-refractivity contribution in [3.05, 3.63) is 39.7 Å². The Morgan fingerprint density at radius 1 is 1.26 bits per heavy atom. The fraction of sp³-hybridized carbons (Fsp3) is 0.400. The lowest BCUT2D eigenvalue weighted by Gasteiger charge is -2.19. The highest BCUT2D eigenvalue weighted by Crippen LogP contribution is 2.27. The van der Waals surface area contributed by atoms with Gasteiger partial charge in [0, 0.05) is 12.1 Å². The molecular formula is C15H19NO3. The van der Waals surface area contributed by atoms with Crippen LogP contribution < -0.4 is 5.43 Å². The third-order valence-electron chi connectivity index (χ3n) is 3.47. The zero-order chi connectivity index (χ0) is 14.0. The summed E-state index contributed by atoms with van der Waals surface area (Å²) in [7, 11) is 0. The van der Waals surface area contributed by atoms with Crippen LogP contribution in [-0.2, 0) is 6.54 Å². The van der Waals surface area contributed by atoms with Crippen LogP contribution in [0.15, 0.2) is 27.6 Å². The van der Waals surface area contributed by atoms with E-state index in [-0.39, 0.29) is 11.2 Å². The number of phenolic OH excluding ortho intramolecular Hbond substituents is 1. The summed E-state index contributed by atoms with van der Waals surface area (Å²) in [5.41, 5.74) is 1.70. The molecule has 0 amide bonds. The molecule has 0 aliphatic rings. The van der Waals surface area contributed by atoms with E-state index >= 15 is 0 Å². The average Bonchev–Trinajstić information content (AvgIpc) is 2.42. The highest BCUT2D eigenvalue weighted by molar-refractivity contribution is 5.82. The number of benzene rings is 1. The number of fused-ring (bicyclic) bond motifs is 1. The smallest absolute Gasteiger partial charge is 0.195 e. The molecule has 0 unspecified atom stereocenters. The Labute approximate surface area is 112 Å². The highest BCUT2D eigenvalue weighted by atomic mass is 16.3. The van der Waals surface area contributed by atoms with Crippen molar-refractivity contribution in [2.45, 2.75) is 27.3 Å². The molecule has 0 saturated carbocycles. The number of hydrogen-bond donors (Lipinski definition) is 1. The Kier molecular flexibility index (Phi) is 3.90. The van der Waals surface area contributed by atoms with Crippen LogP contribution in [0, 0.1) is 6.92 Å². The normalized spacial score (nSPS) is 11.4. The third kappa shape index (κ3) is 2.49. The van der Waals surface area contributed by atoms with Gasteiger partial charge in [-0.25, -0.2) is 0 Å². The summed E-state index contributed by atoms with van der Waals surface area (Å²) < 4.78 is 5.54. The molecular weight excluding hydrogens is 242 g/mol. The van der Waals surface area contributed by atoms with Crippen LogP contribution in [0.4, 0.5) is 0 Å². The molecule has 0 aliphatic heterocycles. The summed E-state index contributed by atoms with van der Waals surface area (Å²) >= 11 is 0. The molecule has 1 aromatic heterocycles. The lowest BCUT2D eigenvalue weighted by Crippen LogP contribution is -2.22. The number of aromatic hydroxyl groups is 1. The summed E-state index contributed by atoms with van der Waals surface area (Å²) in [6.45, 7) is 8.17. The summed E-state index contributed by atoms with van der Waals surface area (Å²) in [5, 5.41) is 10.5. The van der Waals surface area contributed by atoms with Crippen LogP contribution >= 0.6 is 0 Å². The van der Waals surface area contributed by atoms with Crippen LogP contribution in [0.25, 0.3) is 11.0 Å². The van der Waals surface area contributed by atoms with E-state index in [0.717, 1.165) is 13.1 Å². The first kappa shape index (κ1) is 13.6. The minimum atomic E-state index is -0.0398.